The maximum atomic E-state index is 3.17. The summed E-state index contributed by atoms with van der Waals surface area (Å²) in [5.41, 5.74) is 2.78. The van der Waals surface area contributed by atoms with Crippen molar-refractivity contribution in [2.75, 3.05) is 27.2 Å². The first-order valence-corrected chi connectivity index (χ1v) is 6.52. The predicted octanol–water partition coefficient (Wildman–Crippen LogP) is 2.78. The summed E-state index contributed by atoms with van der Waals surface area (Å²) in [4.78, 5) is 2.41. The van der Waals surface area contributed by atoms with E-state index in [1.165, 1.54) is 17.7 Å². The number of nitrogens with one attached hydrogen (secondary N) is 1. The molecule has 0 aliphatic carbocycles. The molecule has 1 N–H and O–H groups in total. The van der Waals surface area contributed by atoms with Crippen molar-refractivity contribution in [3.8, 4) is 0 Å². The highest BCUT2D eigenvalue weighted by atomic mass is 15.1. The van der Waals surface area contributed by atoms with Gasteiger partial charge in [0.15, 0.2) is 0 Å². The Labute approximate surface area is 108 Å². The zero-order valence-corrected chi connectivity index (χ0v) is 11.7. The van der Waals surface area contributed by atoms with Crippen LogP contribution in [0.3, 0.4) is 0 Å². The molecular formula is C15H28N2. The zero-order valence-electron chi connectivity index (χ0n) is 11.7. The van der Waals surface area contributed by atoms with E-state index in [4.69, 9.17) is 0 Å². The van der Waals surface area contributed by atoms with E-state index in [1.54, 1.807) is 0 Å². The van der Waals surface area contributed by atoms with E-state index >= 15 is 0 Å². The minimum atomic E-state index is 0. The van der Waals surface area contributed by atoms with Crippen molar-refractivity contribution < 1.29 is 1.43 Å². The fourth-order valence-electron chi connectivity index (χ4n) is 2.06. The summed E-state index contributed by atoms with van der Waals surface area (Å²) in [6.45, 7) is 7.81. The fourth-order valence-corrected chi connectivity index (χ4v) is 2.06. The van der Waals surface area contributed by atoms with Crippen LogP contribution < -0.4 is 5.32 Å². The van der Waals surface area contributed by atoms with Crippen LogP contribution in [0, 0.1) is 5.92 Å². The Hall–Kier alpha value is -0.860. The quantitative estimate of drug-likeness (QED) is 0.783. The van der Waals surface area contributed by atoms with Gasteiger partial charge in [-0.1, -0.05) is 38.1 Å². The summed E-state index contributed by atoms with van der Waals surface area (Å²) < 4.78 is 0. The Morgan fingerprint density at radius 2 is 1.76 bits per heavy atom. The number of hydrogen-bond donors (Lipinski definition) is 1. The molecule has 0 heterocycles. The highest BCUT2D eigenvalue weighted by Gasteiger charge is 2.02. The van der Waals surface area contributed by atoms with Gasteiger partial charge in [0.2, 0.25) is 0 Å². The van der Waals surface area contributed by atoms with Gasteiger partial charge >= 0.3 is 0 Å². The van der Waals surface area contributed by atoms with Crippen LogP contribution in [-0.4, -0.2) is 32.1 Å². The van der Waals surface area contributed by atoms with Gasteiger partial charge in [0.1, 0.15) is 0 Å². The molecule has 0 bridgehead atoms. The normalized spacial score (nSPS) is 11.4. The molecule has 2 nitrogen and oxygen atoms in total. The van der Waals surface area contributed by atoms with Crippen molar-refractivity contribution in [1.82, 2.24) is 10.2 Å². The number of likely N-dealkylation sites (N-methyl/N-ethyl adjacent to an activating group) is 1. The number of hydrogen-bond acceptors (Lipinski definition) is 2. The number of benzene rings is 1. The monoisotopic (exact) mass is 236 g/mol. The standard InChI is InChI=1S/C15H26N2.H2/c1-13(2)12-17(4)10-9-14-5-7-15(8-6-14)11-16-3;/h5-8,13,16H,9-12H2,1-4H3;1H. The van der Waals surface area contributed by atoms with Gasteiger partial charge in [0.25, 0.3) is 0 Å². The molecule has 0 fully saturated rings. The summed E-state index contributed by atoms with van der Waals surface area (Å²) in [5.74, 6) is 0.748. The van der Waals surface area contributed by atoms with Crippen molar-refractivity contribution in [1.29, 1.82) is 0 Å². The SMILES string of the molecule is CNCc1ccc(CCN(C)CC(C)C)cc1.[HH]. The average Bonchev–Trinajstić information content (AvgIpc) is 2.28. The van der Waals surface area contributed by atoms with Gasteiger partial charge in [-0.05, 0) is 37.6 Å². The van der Waals surface area contributed by atoms with Crippen molar-refractivity contribution in [2.45, 2.75) is 26.8 Å². The summed E-state index contributed by atoms with van der Waals surface area (Å²) >= 11 is 0. The molecule has 0 aliphatic heterocycles. The van der Waals surface area contributed by atoms with Gasteiger partial charge in [0, 0.05) is 21.1 Å². The van der Waals surface area contributed by atoms with Crippen molar-refractivity contribution in [2.24, 2.45) is 5.92 Å². The second kappa shape index (κ2) is 7.46. The molecule has 0 aromatic heterocycles. The average molecular weight is 236 g/mol. The number of rotatable bonds is 7. The van der Waals surface area contributed by atoms with Crippen LogP contribution in [0.4, 0.5) is 0 Å². The maximum absolute atomic E-state index is 3.17. The predicted molar refractivity (Wildman–Crippen MR) is 77.4 cm³/mol. The Balaban J connectivity index is 0.00000289. The Kier molecular flexibility index (Phi) is 6.23. The Morgan fingerprint density at radius 3 is 2.29 bits per heavy atom. The molecule has 0 saturated heterocycles. The second-order valence-corrected chi connectivity index (χ2v) is 5.25. The molecule has 0 atom stereocenters. The third kappa shape index (κ3) is 5.85. The van der Waals surface area contributed by atoms with E-state index in [0.29, 0.717) is 0 Å². The first kappa shape index (κ1) is 14.2. The minimum absolute atomic E-state index is 0. The molecule has 98 valence electrons. The molecule has 1 rings (SSSR count). The van der Waals surface area contributed by atoms with Crippen LogP contribution in [0.15, 0.2) is 24.3 Å². The topological polar surface area (TPSA) is 15.3 Å². The minimum Gasteiger partial charge on any atom is -0.316 e. The first-order chi connectivity index (χ1) is 8.11. The van der Waals surface area contributed by atoms with Gasteiger partial charge in [-0.3, -0.25) is 0 Å². The van der Waals surface area contributed by atoms with E-state index in [-0.39, 0.29) is 1.43 Å². The summed E-state index contributed by atoms with van der Waals surface area (Å²) in [6.07, 6.45) is 1.14. The molecule has 1 aromatic rings. The fraction of sp³-hybridized carbons (Fsp3) is 0.600. The highest BCUT2D eigenvalue weighted by Crippen LogP contribution is 2.06. The Morgan fingerprint density at radius 1 is 1.18 bits per heavy atom. The molecular weight excluding hydrogens is 208 g/mol. The first-order valence-electron chi connectivity index (χ1n) is 6.52. The van der Waals surface area contributed by atoms with E-state index in [0.717, 1.165) is 25.4 Å². The summed E-state index contributed by atoms with van der Waals surface area (Å²) in [7, 11) is 4.18. The molecule has 0 amide bonds. The third-order valence-electron chi connectivity index (χ3n) is 2.86. The number of nitrogens with zero attached hydrogens (tertiary/aromatic N) is 1. The van der Waals surface area contributed by atoms with Gasteiger partial charge in [0.05, 0.1) is 0 Å². The van der Waals surface area contributed by atoms with Crippen LogP contribution in [0.1, 0.15) is 26.4 Å². The largest absolute Gasteiger partial charge is 0.316 e. The molecule has 17 heavy (non-hydrogen) atoms. The summed E-state index contributed by atoms with van der Waals surface area (Å²) in [5, 5.41) is 3.17. The highest BCUT2D eigenvalue weighted by molar-refractivity contribution is 5.22. The lowest BCUT2D eigenvalue weighted by Crippen LogP contribution is -2.25. The van der Waals surface area contributed by atoms with Gasteiger partial charge in [-0.2, -0.15) is 0 Å². The van der Waals surface area contributed by atoms with Crippen molar-refractivity contribution in [3.63, 3.8) is 0 Å². The Bertz CT molecular complexity index is 309. The molecule has 0 aliphatic rings. The van der Waals surface area contributed by atoms with E-state index < -0.39 is 0 Å². The lowest BCUT2D eigenvalue weighted by molar-refractivity contribution is 0.299. The lowest BCUT2D eigenvalue weighted by Gasteiger charge is -2.18. The van der Waals surface area contributed by atoms with Crippen LogP contribution in [0.5, 0.6) is 0 Å². The molecule has 0 saturated carbocycles. The van der Waals surface area contributed by atoms with E-state index in [1.807, 2.05) is 7.05 Å². The third-order valence-corrected chi connectivity index (χ3v) is 2.86. The molecule has 0 radical (unpaired) electrons. The zero-order chi connectivity index (χ0) is 12.7. The molecule has 0 spiro atoms. The van der Waals surface area contributed by atoms with Crippen LogP contribution in [0.2, 0.25) is 0 Å². The van der Waals surface area contributed by atoms with E-state index in [2.05, 4.69) is 55.4 Å². The molecule has 2 heteroatoms. The summed E-state index contributed by atoms with van der Waals surface area (Å²) in [6, 6.07) is 8.92. The van der Waals surface area contributed by atoms with Crippen LogP contribution in [0.25, 0.3) is 0 Å². The van der Waals surface area contributed by atoms with Gasteiger partial charge in [-0.15, -0.1) is 0 Å². The second-order valence-electron chi connectivity index (χ2n) is 5.25. The maximum Gasteiger partial charge on any atom is 0.0202 e. The molecule has 0 unspecified atom stereocenters. The van der Waals surface area contributed by atoms with E-state index in [9.17, 15) is 0 Å². The lowest BCUT2D eigenvalue weighted by atomic mass is 10.1. The van der Waals surface area contributed by atoms with Crippen LogP contribution >= 0.6 is 0 Å². The van der Waals surface area contributed by atoms with Gasteiger partial charge < -0.3 is 10.2 Å². The van der Waals surface area contributed by atoms with Crippen LogP contribution in [-0.2, 0) is 13.0 Å². The van der Waals surface area contributed by atoms with Crippen molar-refractivity contribution >= 4 is 0 Å². The van der Waals surface area contributed by atoms with Gasteiger partial charge in [-0.25, -0.2) is 0 Å². The van der Waals surface area contributed by atoms with Crippen molar-refractivity contribution in [3.05, 3.63) is 35.4 Å². The molecule has 1 aromatic carbocycles. The smallest absolute Gasteiger partial charge is 0.0202 e.